The number of benzene rings is 1. The molecular weight excluding hydrogens is 545 g/mol. The number of ether oxygens (including phenoxy) is 1. The van der Waals surface area contributed by atoms with E-state index in [-0.39, 0.29) is 22.8 Å². The van der Waals surface area contributed by atoms with Crippen LogP contribution in [0.4, 0.5) is 4.39 Å². The highest BCUT2D eigenvalue weighted by molar-refractivity contribution is 6.31. The lowest BCUT2D eigenvalue weighted by atomic mass is 9.92. The Labute approximate surface area is 242 Å². The molecule has 0 saturated carbocycles. The Hall–Kier alpha value is -3.44. The van der Waals surface area contributed by atoms with Crippen molar-refractivity contribution >= 4 is 39.1 Å². The molecule has 6 rings (SSSR count). The third-order valence-electron chi connectivity index (χ3n) is 7.99. The molecule has 0 spiro atoms. The van der Waals surface area contributed by atoms with Gasteiger partial charge >= 0.3 is 0 Å². The Morgan fingerprint density at radius 2 is 1.93 bits per heavy atom. The van der Waals surface area contributed by atoms with E-state index in [1.54, 1.807) is 42.2 Å². The third-order valence-corrected chi connectivity index (χ3v) is 8.23. The summed E-state index contributed by atoms with van der Waals surface area (Å²) in [6.07, 6.45) is 6.61. The van der Waals surface area contributed by atoms with Crippen LogP contribution in [-0.4, -0.2) is 68.6 Å². The zero-order valence-corrected chi connectivity index (χ0v) is 24.2. The number of rotatable bonds is 7. The van der Waals surface area contributed by atoms with E-state index in [1.807, 2.05) is 36.9 Å². The van der Waals surface area contributed by atoms with Crippen molar-refractivity contribution in [3.63, 3.8) is 0 Å². The molecule has 1 N–H and O–H groups in total. The number of nitrogens with one attached hydrogen (secondary N) is 1. The van der Waals surface area contributed by atoms with Crippen LogP contribution in [0.2, 0.25) is 0 Å². The number of aryl methyl sites for hydroxylation is 2. The van der Waals surface area contributed by atoms with E-state index in [0.29, 0.717) is 17.5 Å². The average Bonchev–Trinajstić information content (AvgIpc) is 3.40. The summed E-state index contributed by atoms with van der Waals surface area (Å²) in [6.45, 7) is 8.51. The minimum absolute atomic E-state index is 0.0116. The minimum Gasteiger partial charge on any atom is -0.379 e. The zero-order valence-electron chi connectivity index (χ0n) is 23.4. The highest BCUT2D eigenvalue weighted by atomic mass is 35.5. The smallest absolute Gasteiger partial charge is 0.259 e. The highest BCUT2D eigenvalue weighted by Crippen LogP contribution is 2.35. The summed E-state index contributed by atoms with van der Waals surface area (Å²) >= 11 is 6.22. The zero-order chi connectivity index (χ0) is 28.7. The molecular formula is C30H33ClFN7O2. The lowest BCUT2D eigenvalue weighted by Gasteiger charge is -2.33. The molecule has 5 heterocycles. The second kappa shape index (κ2) is 11.1. The molecule has 1 saturated heterocycles. The molecule has 2 unspecified atom stereocenters. The molecule has 0 radical (unpaired) electrons. The summed E-state index contributed by atoms with van der Waals surface area (Å²) in [5.41, 5.74) is 3.17. The van der Waals surface area contributed by atoms with Crippen LogP contribution in [0.15, 0.2) is 63.9 Å². The fraction of sp³-hybridized carbons (Fsp3) is 0.400. The largest absolute Gasteiger partial charge is 0.379 e. The fourth-order valence-electron chi connectivity index (χ4n) is 5.95. The second-order valence-electron chi connectivity index (χ2n) is 10.8. The van der Waals surface area contributed by atoms with Gasteiger partial charge in [-0.1, -0.05) is 17.7 Å². The van der Waals surface area contributed by atoms with Crippen molar-refractivity contribution in [3.8, 4) is 0 Å². The molecule has 2 aliphatic heterocycles. The van der Waals surface area contributed by atoms with Gasteiger partial charge in [-0.05, 0) is 49.2 Å². The second-order valence-corrected chi connectivity index (χ2v) is 11.2. The molecule has 0 bridgehead atoms. The maximum absolute atomic E-state index is 16.8. The predicted octanol–water partition coefficient (Wildman–Crippen LogP) is 4.21. The van der Waals surface area contributed by atoms with Crippen molar-refractivity contribution in [3.05, 3.63) is 81.1 Å². The number of morpholine rings is 1. The number of aromatic nitrogens is 4. The van der Waals surface area contributed by atoms with Gasteiger partial charge in [0.1, 0.15) is 16.5 Å². The first-order valence-corrected chi connectivity index (χ1v) is 14.2. The monoisotopic (exact) mass is 577 g/mol. The van der Waals surface area contributed by atoms with Crippen LogP contribution in [0, 0.1) is 6.92 Å². The number of aliphatic imine (C=N–C) groups is 1. The lowest BCUT2D eigenvalue weighted by molar-refractivity contribution is 0.0361. The summed E-state index contributed by atoms with van der Waals surface area (Å²) in [6, 6.07) is 6.87. The molecule has 11 heteroatoms. The van der Waals surface area contributed by atoms with Gasteiger partial charge in [-0.3, -0.25) is 24.6 Å². The third kappa shape index (κ3) is 5.21. The van der Waals surface area contributed by atoms with Crippen LogP contribution in [0.1, 0.15) is 36.1 Å². The first kappa shape index (κ1) is 27.7. The van der Waals surface area contributed by atoms with Crippen LogP contribution in [0.5, 0.6) is 0 Å². The van der Waals surface area contributed by atoms with Gasteiger partial charge in [0, 0.05) is 73.3 Å². The van der Waals surface area contributed by atoms with E-state index in [9.17, 15) is 4.79 Å². The van der Waals surface area contributed by atoms with E-state index in [0.717, 1.165) is 60.4 Å². The molecule has 0 aliphatic carbocycles. The van der Waals surface area contributed by atoms with Crippen molar-refractivity contribution < 1.29 is 9.13 Å². The van der Waals surface area contributed by atoms with E-state index in [4.69, 9.17) is 21.4 Å². The fourth-order valence-corrected chi connectivity index (χ4v) is 6.11. The van der Waals surface area contributed by atoms with Crippen LogP contribution in [-0.2, 0) is 18.3 Å². The number of hydrogen-bond acceptors (Lipinski definition) is 7. The van der Waals surface area contributed by atoms with Crippen molar-refractivity contribution in [2.24, 2.45) is 12.0 Å². The predicted molar refractivity (Wildman–Crippen MR) is 159 cm³/mol. The molecule has 2 aliphatic rings. The van der Waals surface area contributed by atoms with E-state index in [1.165, 1.54) is 0 Å². The van der Waals surface area contributed by atoms with E-state index < -0.39 is 11.8 Å². The maximum atomic E-state index is 16.8. The maximum Gasteiger partial charge on any atom is 0.259 e. The first-order valence-electron chi connectivity index (χ1n) is 13.9. The van der Waals surface area contributed by atoms with Crippen LogP contribution < -0.4 is 10.9 Å². The SMILES string of the molecule is Cc1cc(C(C)NC2(F)CC=C(Cl)N=C2c2ccncc2)c2c(c1)c(=O)n(C)c1c2cnn1CCN1CCOCC1. The van der Waals surface area contributed by atoms with Crippen molar-refractivity contribution in [2.45, 2.75) is 38.6 Å². The number of pyridine rings is 2. The number of alkyl halides is 1. The molecule has 3 aromatic heterocycles. The van der Waals surface area contributed by atoms with Crippen molar-refractivity contribution in [2.75, 3.05) is 32.8 Å². The van der Waals surface area contributed by atoms with Gasteiger partial charge in [-0.25, -0.2) is 14.1 Å². The van der Waals surface area contributed by atoms with Gasteiger partial charge in [0.2, 0.25) is 5.79 Å². The molecule has 41 heavy (non-hydrogen) atoms. The summed E-state index contributed by atoms with van der Waals surface area (Å²) in [5.74, 6) is -1.99. The normalized spacial score (nSPS) is 20.8. The average molecular weight is 578 g/mol. The molecule has 4 aromatic rings. The lowest BCUT2D eigenvalue weighted by Crippen LogP contribution is -2.50. The summed E-state index contributed by atoms with van der Waals surface area (Å²) in [5, 5.41) is 10.4. The Morgan fingerprint density at radius 3 is 2.68 bits per heavy atom. The molecule has 1 aromatic carbocycles. The first-order chi connectivity index (χ1) is 19.7. The van der Waals surface area contributed by atoms with Crippen LogP contribution >= 0.6 is 11.6 Å². The topological polar surface area (TPSA) is 89.6 Å². The minimum atomic E-state index is -1.99. The quantitative estimate of drug-likeness (QED) is 0.331. The van der Waals surface area contributed by atoms with Crippen molar-refractivity contribution in [1.82, 2.24) is 29.5 Å². The van der Waals surface area contributed by atoms with Gasteiger partial charge in [0.25, 0.3) is 5.56 Å². The Morgan fingerprint density at radius 1 is 1.17 bits per heavy atom. The molecule has 214 valence electrons. The highest BCUT2D eigenvalue weighted by Gasteiger charge is 2.40. The van der Waals surface area contributed by atoms with Gasteiger partial charge in [-0.15, -0.1) is 0 Å². The number of nitrogens with zero attached hydrogens (tertiary/aromatic N) is 6. The molecule has 9 nitrogen and oxygen atoms in total. The summed E-state index contributed by atoms with van der Waals surface area (Å²) in [4.78, 5) is 24.5. The van der Waals surface area contributed by atoms with Gasteiger partial charge in [0.15, 0.2) is 0 Å². The molecule has 2 atom stereocenters. The van der Waals surface area contributed by atoms with Crippen LogP contribution in [0.3, 0.4) is 0 Å². The number of hydrogen-bond donors (Lipinski definition) is 1. The Kier molecular flexibility index (Phi) is 7.50. The summed E-state index contributed by atoms with van der Waals surface area (Å²) < 4.78 is 25.8. The Balaban J connectivity index is 1.41. The van der Waals surface area contributed by atoms with Crippen molar-refractivity contribution in [1.29, 1.82) is 0 Å². The Bertz CT molecular complexity index is 1730. The van der Waals surface area contributed by atoms with E-state index in [2.05, 4.69) is 20.2 Å². The molecule has 0 amide bonds. The number of halogens is 2. The van der Waals surface area contributed by atoms with Gasteiger partial charge in [0.05, 0.1) is 26.0 Å². The summed E-state index contributed by atoms with van der Waals surface area (Å²) in [7, 11) is 1.78. The number of fused-ring (bicyclic) bond motifs is 3. The standard InChI is InChI=1S/C30H33ClFN7O2/c1-19-16-22(20(2)36-30(32)7-4-25(31)35-27(30)21-5-8-33-9-6-21)26-23(17-19)29(40)37(3)28-24(26)18-34-39(28)11-10-38-12-14-41-15-13-38/h4-6,8-9,16-18,20,36H,7,10-15H2,1-3H3. The van der Waals surface area contributed by atoms with E-state index >= 15 is 4.39 Å². The molecule has 1 fully saturated rings. The van der Waals surface area contributed by atoms with Crippen LogP contribution in [0.25, 0.3) is 21.8 Å². The van der Waals surface area contributed by atoms with Gasteiger partial charge in [-0.2, -0.15) is 5.10 Å². The van der Waals surface area contributed by atoms with Gasteiger partial charge < -0.3 is 4.74 Å².